The number of nitrogens with one attached hydrogen (secondary N) is 2. The maximum Gasteiger partial charge on any atom is 0.241 e. The maximum absolute atomic E-state index is 13.3. The quantitative estimate of drug-likeness (QED) is 0.897. The summed E-state index contributed by atoms with van der Waals surface area (Å²) in [6.07, 6.45) is 0. The van der Waals surface area contributed by atoms with E-state index in [1.54, 1.807) is 20.0 Å². The van der Waals surface area contributed by atoms with Crippen LogP contribution in [0.3, 0.4) is 0 Å². The van der Waals surface area contributed by atoms with Crippen molar-refractivity contribution in [3.63, 3.8) is 0 Å². The summed E-state index contributed by atoms with van der Waals surface area (Å²) >= 11 is 3.09. The molecule has 0 aromatic heterocycles. The summed E-state index contributed by atoms with van der Waals surface area (Å²) in [6.45, 7) is 3.55. The Morgan fingerprint density at radius 1 is 1.50 bits per heavy atom. The van der Waals surface area contributed by atoms with E-state index in [-0.39, 0.29) is 11.9 Å². The summed E-state index contributed by atoms with van der Waals surface area (Å²) in [7, 11) is 1.69. The van der Waals surface area contributed by atoms with Crippen LogP contribution in [-0.4, -0.2) is 19.0 Å². The molecule has 0 aliphatic carbocycles. The lowest BCUT2D eigenvalue weighted by atomic mass is 10.2. The van der Waals surface area contributed by atoms with Crippen LogP contribution in [0.25, 0.3) is 0 Å². The number of likely N-dealkylation sites (N-methyl/N-ethyl adjacent to an activating group) is 1. The van der Waals surface area contributed by atoms with Crippen molar-refractivity contribution in [2.24, 2.45) is 0 Å². The molecule has 0 radical (unpaired) electrons. The van der Waals surface area contributed by atoms with Gasteiger partial charge in [-0.05, 0) is 54.5 Å². The van der Waals surface area contributed by atoms with Gasteiger partial charge in [-0.25, -0.2) is 4.39 Å². The molecular formula is C11H14BrFN2O. The van der Waals surface area contributed by atoms with Crippen LogP contribution in [0.15, 0.2) is 16.6 Å². The van der Waals surface area contributed by atoms with E-state index >= 15 is 0 Å². The number of hydrogen-bond acceptors (Lipinski definition) is 2. The third kappa shape index (κ3) is 3.02. The summed E-state index contributed by atoms with van der Waals surface area (Å²) in [5, 5.41) is 5.48. The predicted molar refractivity (Wildman–Crippen MR) is 66.0 cm³/mol. The Balaban J connectivity index is 2.90. The van der Waals surface area contributed by atoms with Crippen molar-refractivity contribution in [2.45, 2.75) is 19.9 Å². The topological polar surface area (TPSA) is 41.1 Å². The first-order valence-corrected chi connectivity index (χ1v) is 5.68. The van der Waals surface area contributed by atoms with Crippen LogP contribution in [-0.2, 0) is 4.79 Å². The fraction of sp³-hybridized carbons (Fsp3) is 0.364. The Morgan fingerprint density at radius 3 is 2.69 bits per heavy atom. The molecule has 2 N–H and O–H groups in total. The van der Waals surface area contributed by atoms with Crippen LogP contribution in [0.1, 0.15) is 12.5 Å². The first-order chi connectivity index (χ1) is 7.45. The van der Waals surface area contributed by atoms with Crippen molar-refractivity contribution in [2.75, 3.05) is 12.4 Å². The molecule has 5 heteroatoms. The Bertz CT molecular complexity index is 409. The standard InChI is InChI=1S/C11H14BrFN2O/c1-6-4-8(12)9(13)5-10(6)15-11(16)7(2)14-3/h4-5,7,14H,1-3H3,(H,15,16). The fourth-order valence-electron chi connectivity index (χ4n) is 1.15. The molecule has 0 saturated carbocycles. The van der Waals surface area contributed by atoms with Crippen LogP contribution in [0, 0.1) is 12.7 Å². The van der Waals surface area contributed by atoms with Gasteiger partial charge in [0, 0.05) is 5.69 Å². The molecule has 88 valence electrons. The molecule has 0 aliphatic heterocycles. The molecule has 1 amide bonds. The molecule has 0 spiro atoms. The number of anilines is 1. The molecule has 1 aromatic rings. The molecule has 1 unspecified atom stereocenters. The number of rotatable bonds is 3. The van der Waals surface area contributed by atoms with Crippen LogP contribution in [0.2, 0.25) is 0 Å². The van der Waals surface area contributed by atoms with Gasteiger partial charge in [-0.3, -0.25) is 4.79 Å². The molecule has 1 rings (SSSR count). The van der Waals surface area contributed by atoms with Gasteiger partial charge in [0.15, 0.2) is 0 Å². The maximum atomic E-state index is 13.3. The third-order valence-corrected chi connectivity index (χ3v) is 2.96. The van der Waals surface area contributed by atoms with Gasteiger partial charge in [-0.15, -0.1) is 0 Å². The SMILES string of the molecule is CNC(C)C(=O)Nc1cc(F)c(Br)cc1C. The third-order valence-electron chi connectivity index (χ3n) is 2.35. The number of halogens is 2. The van der Waals surface area contributed by atoms with E-state index in [2.05, 4.69) is 26.6 Å². The number of benzene rings is 1. The van der Waals surface area contributed by atoms with Crippen molar-refractivity contribution in [1.29, 1.82) is 0 Å². The van der Waals surface area contributed by atoms with Crippen molar-refractivity contribution in [1.82, 2.24) is 5.32 Å². The second kappa shape index (κ2) is 5.41. The highest BCUT2D eigenvalue weighted by molar-refractivity contribution is 9.10. The van der Waals surface area contributed by atoms with E-state index in [4.69, 9.17) is 0 Å². The molecule has 1 atom stereocenters. The van der Waals surface area contributed by atoms with Gasteiger partial charge < -0.3 is 10.6 Å². The summed E-state index contributed by atoms with van der Waals surface area (Å²) in [6, 6.07) is 2.63. The lowest BCUT2D eigenvalue weighted by molar-refractivity contribution is -0.117. The summed E-state index contributed by atoms with van der Waals surface area (Å²) < 4.78 is 13.7. The zero-order valence-electron chi connectivity index (χ0n) is 9.40. The highest BCUT2D eigenvalue weighted by Crippen LogP contribution is 2.23. The zero-order chi connectivity index (χ0) is 12.3. The van der Waals surface area contributed by atoms with Gasteiger partial charge in [0.2, 0.25) is 5.91 Å². The van der Waals surface area contributed by atoms with Crippen molar-refractivity contribution in [3.8, 4) is 0 Å². The number of hydrogen-bond donors (Lipinski definition) is 2. The minimum Gasteiger partial charge on any atom is -0.324 e. The first kappa shape index (κ1) is 13.1. The highest BCUT2D eigenvalue weighted by Gasteiger charge is 2.12. The Hall–Kier alpha value is -0.940. The smallest absolute Gasteiger partial charge is 0.241 e. The molecular weight excluding hydrogens is 275 g/mol. The summed E-state index contributed by atoms with van der Waals surface area (Å²) in [5.41, 5.74) is 1.30. The second-order valence-corrected chi connectivity index (χ2v) is 4.44. The van der Waals surface area contributed by atoms with E-state index in [9.17, 15) is 9.18 Å². The van der Waals surface area contributed by atoms with E-state index in [0.717, 1.165) is 5.56 Å². The van der Waals surface area contributed by atoms with Crippen LogP contribution in [0.4, 0.5) is 10.1 Å². The van der Waals surface area contributed by atoms with Gasteiger partial charge in [-0.2, -0.15) is 0 Å². The predicted octanol–water partition coefficient (Wildman–Crippen LogP) is 2.44. The van der Waals surface area contributed by atoms with Crippen molar-refractivity contribution >= 4 is 27.5 Å². The minimum absolute atomic E-state index is 0.188. The number of aryl methyl sites for hydroxylation is 1. The second-order valence-electron chi connectivity index (χ2n) is 3.58. The molecule has 0 fully saturated rings. The normalized spacial score (nSPS) is 12.3. The van der Waals surface area contributed by atoms with Crippen LogP contribution < -0.4 is 10.6 Å². The van der Waals surface area contributed by atoms with Gasteiger partial charge in [0.05, 0.1) is 10.5 Å². The van der Waals surface area contributed by atoms with Crippen molar-refractivity contribution < 1.29 is 9.18 Å². The van der Waals surface area contributed by atoms with Gasteiger partial charge in [-0.1, -0.05) is 0 Å². The average molecular weight is 289 g/mol. The fourth-order valence-corrected chi connectivity index (χ4v) is 1.61. The van der Waals surface area contributed by atoms with E-state index in [0.29, 0.717) is 10.2 Å². The minimum atomic E-state index is -0.391. The van der Waals surface area contributed by atoms with E-state index in [1.807, 2.05) is 6.92 Å². The summed E-state index contributed by atoms with van der Waals surface area (Å²) in [4.78, 5) is 11.6. The van der Waals surface area contributed by atoms with Crippen LogP contribution >= 0.6 is 15.9 Å². The molecule has 0 saturated heterocycles. The van der Waals surface area contributed by atoms with E-state index < -0.39 is 5.82 Å². The lowest BCUT2D eigenvalue weighted by Gasteiger charge is -2.13. The van der Waals surface area contributed by atoms with Crippen LogP contribution in [0.5, 0.6) is 0 Å². The van der Waals surface area contributed by atoms with Gasteiger partial charge in [0.1, 0.15) is 5.82 Å². The molecule has 16 heavy (non-hydrogen) atoms. The van der Waals surface area contributed by atoms with Gasteiger partial charge >= 0.3 is 0 Å². The average Bonchev–Trinajstić information content (AvgIpc) is 2.24. The molecule has 0 heterocycles. The number of carbonyl (C=O) groups is 1. The number of amides is 1. The Morgan fingerprint density at radius 2 is 2.12 bits per heavy atom. The molecule has 0 bridgehead atoms. The largest absolute Gasteiger partial charge is 0.324 e. The van der Waals surface area contributed by atoms with E-state index in [1.165, 1.54) is 6.07 Å². The number of carbonyl (C=O) groups excluding carboxylic acids is 1. The van der Waals surface area contributed by atoms with Gasteiger partial charge in [0.25, 0.3) is 0 Å². The Kier molecular flexibility index (Phi) is 4.44. The molecule has 1 aromatic carbocycles. The molecule has 0 aliphatic rings. The summed E-state index contributed by atoms with van der Waals surface area (Å²) in [5.74, 6) is -0.578. The zero-order valence-corrected chi connectivity index (χ0v) is 11.0. The van der Waals surface area contributed by atoms with Crippen molar-refractivity contribution in [3.05, 3.63) is 28.0 Å². The lowest BCUT2D eigenvalue weighted by Crippen LogP contribution is -2.35. The first-order valence-electron chi connectivity index (χ1n) is 4.89. The molecule has 3 nitrogen and oxygen atoms in total. The highest BCUT2D eigenvalue weighted by atomic mass is 79.9. The Labute approximate surface area is 103 Å². The monoisotopic (exact) mass is 288 g/mol.